The summed E-state index contributed by atoms with van der Waals surface area (Å²) in [7, 11) is 0. The molecule has 1 heterocycles. The highest BCUT2D eigenvalue weighted by atomic mass is 35.5. The summed E-state index contributed by atoms with van der Waals surface area (Å²) in [5.74, 6) is -0.388. The fourth-order valence-electron chi connectivity index (χ4n) is 1.65. The Balaban J connectivity index is 1.90. The fraction of sp³-hybridized carbons (Fsp3) is 0.417. The minimum absolute atomic E-state index is 0.0476. The molecule has 0 bridgehead atoms. The minimum Gasteiger partial charge on any atom is -0.459 e. The molecule has 0 amide bonds. The number of benzene rings is 1. The van der Waals surface area contributed by atoms with Crippen molar-refractivity contribution in [2.45, 2.75) is 18.9 Å². The maximum atomic E-state index is 11.7. The first-order valence-corrected chi connectivity index (χ1v) is 5.68. The number of rotatable bonds is 3. The molecule has 86 valence electrons. The van der Waals surface area contributed by atoms with Gasteiger partial charge in [-0.05, 0) is 25.0 Å². The van der Waals surface area contributed by atoms with E-state index >= 15 is 0 Å². The molecule has 0 aromatic heterocycles. The molecular formula is C12H13ClO3. The summed E-state index contributed by atoms with van der Waals surface area (Å²) in [6.07, 6.45) is 2.04. The molecule has 3 nitrogen and oxygen atoms in total. The Morgan fingerprint density at radius 3 is 3.00 bits per heavy atom. The highest BCUT2D eigenvalue weighted by molar-refractivity contribution is 6.33. The monoisotopic (exact) mass is 240 g/mol. The summed E-state index contributed by atoms with van der Waals surface area (Å²) < 4.78 is 10.5. The third-order valence-electron chi connectivity index (χ3n) is 2.52. The van der Waals surface area contributed by atoms with Crippen LogP contribution in [0.25, 0.3) is 0 Å². The van der Waals surface area contributed by atoms with E-state index in [0.29, 0.717) is 17.2 Å². The van der Waals surface area contributed by atoms with Crippen LogP contribution in [0.15, 0.2) is 24.3 Å². The molecule has 1 aromatic rings. The van der Waals surface area contributed by atoms with Gasteiger partial charge in [-0.25, -0.2) is 4.79 Å². The number of carbonyl (C=O) groups is 1. The van der Waals surface area contributed by atoms with Crippen molar-refractivity contribution in [3.8, 4) is 0 Å². The van der Waals surface area contributed by atoms with E-state index in [0.717, 1.165) is 19.4 Å². The van der Waals surface area contributed by atoms with Gasteiger partial charge in [-0.2, -0.15) is 0 Å². The Morgan fingerprint density at radius 1 is 1.50 bits per heavy atom. The first-order valence-electron chi connectivity index (χ1n) is 5.30. The topological polar surface area (TPSA) is 35.5 Å². The average molecular weight is 241 g/mol. The van der Waals surface area contributed by atoms with E-state index in [1.54, 1.807) is 24.3 Å². The maximum Gasteiger partial charge on any atom is 0.339 e. The van der Waals surface area contributed by atoms with Gasteiger partial charge in [-0.1, -0.05) is 23.7 Å². The standard InChI is InChI=1S/C12H13ClO3/c13-11-6-2-1-5-10(11)12(14)16-8-9-4-3-7-15-9/h1-2,5-6,9H,3-4,7-8H2/t9-/m0/s1. The van der Waals surface area contributed by atoms with Gasteiger partial charge in [0.15, 0.2) is 0 Å². The number of esters is 1. The number of ether oxygens (including phenoxy) is 2. The molecule has 1 aromatic carbocycles. The van der Waals surface area contributed by atoms with Gasteiger partial charge in [-0.3, -0.25) is 0 Å². The van der Waals surface area contributed by atoms with E-state index < -0.39 is 0 Å². The Morgan fingerprint density at radius 2 is 2.31 bits per heavy atom. The summed E-state index contributed by atoms with van der Waals surface area (Å²) in [6, 6.07) is 6.86. The second-order valence-corrected chi connectivity index (χ2v) is 4.12. The first kappa shape index (κ1) is 11.4. The lowest BCUT2D eigenvalue weighted by molar-refractivity contribution is 0.0161. The fourth-order valence-corrected chi connectivity index (χ4v) is 1.86. The molecule has 0 N–H and O–H groups in total. The van der Waals surface area contributed by atoms with Crippen LogP contribution >= 0.6 is 11.6 Å². The third-order valence-corrected chi connectivity index (χ3v) is 2.85. The average Bonchev–Trinajstić information content (AvgIpc) is 2.79. The number of carbonyl (C=O) groups excluding carboxylic acids is 1. The molecule has 0 unspecified atom stereocenters. The van der Waals surface area contributed by atoms with Gasteiger partial charge in [0.05, 0.1) is 16.7 Å². The summed E-state index contributed by atoms with van der Waals surface area (Å²) >= 11 is 5.88. The predicted octanol–water partition coefficient (Wildman–Crippen LogP) is 2.68. The van der Waals surface area contributed by atoms with E-state index in [2.05, 4.69) is 0 Å². The molecular weight excluding hydrogens is 228 g/mol. The summed E-state index contributed by atoms with van der Waals surface area (Å²) in [5.41, 5.74) is 0.405. The van der Waals surface area contributed by atoms with Crippen molar-refractivity contribution < 1.29 is 14.3 Å². The van der Waals surface area contributed by atoms with Gasteiger partial charge in [0, 0.05) is 6.61 Å². The van der Waals surface area contributed by atoms with Crippen LogP contribution < -0.4 is 0 Å². The molecule has 1 saturated heterocycles. The normalized spacial score (nSPS) is 19.7. The maximum absolute atomic E-state index is 11.7. The molecule has 0 spiro atoms. The smallest absolute Gasteiger partial charge is 0.339 e. The Bertz CT molecular complexity index is 372. The summed E-state index contributed by atoms with van der Waals surface area (Å²) in [5, 5.41) is 0.417. The second kappa shape index (κ2) is 5.32. The van der Waals surface area contributed by atoms with Crippen molar-refractivity contribution in [3.63, 3.8) is 0 Å². The van der Waals surface area contributed by atoms with Crippen molar-refractivity contribution in [3.05, 3.63) is 34.9 Å². The van der Waals surface area contributed by atoms with Crippen LogP contribution in [-0.2, 0) is 9.47 Å². The van der Waals surface area contributed by atoms with Gasteiger partial charge >= 0.3 is 5.97 Å². The lowest BCUT2D eigenvalue weighted by Gasteiger charge is -2.10. The van der Waals surface area contributed by atoms with E-state index in [1.807, 2.05) is 0 Å². The quantitative estimate of drug-likeness (QED) is 0.762. The molecule has 1 aliphatic rings. The van der Waals surface area contributed by atoms with Crippen LogP contribution in [-0.4, -0.2) is 25.3 Å². The zero-order valence-corrected chi connectivity index (χ0v) is 9.57. The van der Waals surface area contributed by atoms with E-state index in [4.69, 9.17) is 21.1 Å². The van der Waals surface area contributed by atoms with Crippen LogP contribution in [0.2, 0.25) is 5.02 Å². The minimum atomic E-state index is -0.388. The number of hydrogen-bond acceptors (Lipinski definition) is 3. The molecule has 1 atom stereocenters. The van der Waals surface area contributed by atoms with Crippen LogP contribution in [0.4, 0.5) is 0 Å². The molecule has 0 saturated carbocycles. The van der Waals surface area contributed by atoms with E-state index in [-0.39, 0.29) is 12.1 Å². The molecule has 1 fully saturated rings. The van der Waals surface area contributed by atoms with Gasteiger partial charge in [0.2, 0.25) is 0 Å². The van der Waals surface area contributed by atoms with Gasteiger partial charge in [-0.15, -0.1) is 0 Å². The van der Waals surface area contributed by atoms with Crippen LogP contribution in [0.3, 0.4) is 0 Å². The molecule has 2 rings (SSSR count). The highest BCUT2D eigenvalue weighted by Crippen LogP contribution is 2.17. The molecule has 0 aliphatic carbocycles. The molecule has 4 heteroatoms. The van der Waals surface area contributed by atoms with Crippen LogP contribution in [0.1, 0.15) is 23.2 Å². The third kappa shape index (κ3) is 2.74. The van der Waals surface area contributed by atoms with Gasteiger partial charge in [0.25, 0.3) is 0 Å². The van der Waals surface area contributed by atoms with Crippen LogP contribution in [0, 0.1) is 0 Å². The largest absolute Gasteiger partial charge is 0.459 e. The van der Waals surface area contributed by atoms with Crippen molar-refractivity contribution in [1.29, 1.82) is 0 Å². The van der Waals surface area contributed by atoms with Crippen LogP contribution in [0.5, 0.6) is 0 Å². The van der Waals surface area contributed by atoms with Gasteiger partial charge in [0.1, 0.15) is 6.61 Å². The summed E-state index contributed by atoms with van der Waals surface area (Å²) in [6.45, 7) is 1.07. The predicted molar refractivity (Wildman–Crippen MR) is 60.7 cm³/mol. The van der Waals surface area contributed by atoms with Crippen molar-refractivity contribution in [2.75, 3.05) is 13.2 Å². The Kier molecular flexibility index (Phi) is 3.80. The zero-order valence-electron chi connectivity index (χ0n) is 8.82. The summed E-state index contributed by atoms with van der Waals surface area (Å²) in [4.78, 5) is 11.7. The van der Waals surface area contributed by atoms with Gasteiger partial charge < -0.3 is 9.47 Å². The molecule has 1 aliphatic heterocycles. The Labute approximate surface area is 99.3 Å². The zero-order chi connectivity index (χ0) is 11.4. The number of hydrogen-bond donors (Lipinski definition) is 0. The lowest BCUT2D eigenvalue weighted by atomic mass is 10.2. The van der Waals surface area contributed by atoms with Crippen molar-refractivity contribution >= 4 is 17.6 Å². The number of halogens is 1. The Hall–Kier alpha value is -1.06. The van der Waals surface area contributed by atoms with Crippen molar-refractivity contribution in [1.82, 2.24) is 0 Å². The second-order valence-electron chi connectivity index (χ2n) is 3.71. The highest BCUT2D eigenvalue weighted by Gasteiger charge is 2.18. The van der Waals surface area contributed by atoms with E-state index in [9.17, 15) is 4.79 Å². The van der Waals surface area contributed by atoms with E-state index in [1.165, 1.54) is 0 Å². The van der Waals surface area contributed by atoms with Crippen molar-refractivity contribution in [2.24, 2.45) is 0 Å². The molecule has 16 heavy (non-hydrogen) atoms. The lowest BCUT2D eigenvalue weighted by Crippen LogP contribution is -2.18. The first-order chi connectivity index (χ1) is 7.77. The SMILES string of the molecule is O=C(OC[C@@H]1CCCO1)c1ccccc1Cl. The molecule has 0 radical (unpaired) electrons.